The van der Waals surface area contributed by atoms with Crippen molar-refractivity contribution >= 4 is 17.8 Å². The van der Waals surface area contributed by atoms with Crippen LogP contribution in [0.3, 0.4) is 0 Å². The SMILES string of the molecule is C/C(=N\OC(=O)N(CCNCC[N+](C)(C)C)CC(=O)O)[C@H]1CC[C@H]2[C@@H]3CC[C@H]4C[C@@H](O)CC[C@]4(C)[C@H]3CC[C@]12C. The van der Waals surface area contributed by atoms with Crippen LogP contribution in [0.15, 0.2) is 5.16 Å². The number of carboxylic acids is 1. The lowest BCUT2D eigenvalue weighted by molar-refractivity contribution is -0.869. The van der Waals surface area contributed by atoms with Gasteiger partial charge in [-0.2, -0.15) is 0 Å². The number of fused-ring (bicyclic) bond motifs is 5. The molecule has 0 aromatic rings. The van der Waals surface area contributed by atoms with Gasteiger partial charge in [0, 0.05) is 25.6 Å². The third-order valence-corrected chi connectivity index (χ3v) is 11.5. The van der Waals surface area contributed by atoms with E-state index in [1.807, 2.05) is 6.92 Å². The summed E-state index contributed by atoms with van der Waals surface area (Å²) >= 11 is 0. The molecule has 4 aliphatic carbocycles. The molecular weight excluding hydrogens is 508 g/mol. The maximum atomic E-state index is 12.8. The second-order valence-corrected chi connectivity index (χ2v) is 14.9. The highest BCUT2D eigenvalue weighted by molar-refractivity contribution is 5.86. The summed E-state index contributed by atoms with van der Waals surface area (Å²) in [6.07, 6.45) is 9.42. The maximum Gasteiger partial charge on any atom is 0.436 e. The summed E-state index contributed by atoms with van der Waals surface area (Å²) in [6.45, 7) is 8.97. The molecule has 0 spiro atoms. The van der Waals surface area contributed by atoms with Gasteiger partial charge in [0.15, 0.2) is 0 Å². The van der Waals surface area contributed by atoms with Crippen molar-refractivity contribution in [1.29, 1.82) is 0 Å². The third-order valence-electron chi connectivity index (χ3n) is 11.5. The maximum absolute atomic E-state index is 12.8. The van der Waals surface area contributed by atoms with Gasteiger partial charge in [0.05, 0.1) is 39.5 Å². The molecule has 0 aliphatic heterocycles. The first-order chi connectivity index (χ1) is 18.7. The molecule has 0 bridgehead atoms. The number of rotatable bonds is 10. The van der Waals surface area contributed by atoms with Crippen LogP contribution >= 0.6 is 0 Å². The van der Waals surface area contributed by atoms with E-state index in [1.165, 1.54) is 37.0 Å². The Kier molecular flexibility index (Phi) is 9.57. The van der Waals surface area contributed by atoms with Gasteiger partial charge in [-0.05, 0) is 99.2 Å². The van der Waals surface area contributed by atoms with Gasteiger partial charge in [0.2, 0.25) is 0 Å². The van der Waals surface area contributed by atoms with Crippen LogP contribution in [0.5, 0.6) is 0 Å². The van der Waals surface area contributed by atoms with Crippen LogP contribution in [0.2, 0.25) is 0 Å². The number of hydrogen-bond acceptors (Lipinski definition) is 6. The summed E-state index contributed by atoms with van der Waals surface area (Å²) in [5, 5.41) is 27.3. The van der Waals surface area contributed by atoms with E-state index in [2.05, 4.69) is 45.5 Å². The fourth-order valence-electron chi connectivity index (χ4n) is 9.31. The Morgan fingerprint density at radius 1 is 1.00 bits per heavy atom. The lowest BCUT2D eigenvalue weighted by Crippen LogP contribution is -2.54. The molecule has 8 atom stereocenters. The van der Waals surface area contributed by atoms with Crippen molar-refractivity contribution in [2.45, 2.75) is 84.7 Å². The lowest BCUT2D eigenvalue weighted by atomic mass is 9.44. The van der Waals surface area contributed by atoms with E-state index in [4.69, 9.17) is 4.84 Å². The van der Waals surface area contributed by atoms with Crippen molar-refractivity contribution in [2.75, 3.05) is 53.9 Å². The first-order valence-corrected chi connectivity index (χ1v) is 15.7. The summed E-state index contributed by atoms with van der Waals surface area (Å²) < 4.78 is 0.828. The Bertz CT molecular complexity index is 951. The Morgan fingerprint density at radius 2 is 1.70 bits per heavy atom. The average Bonchev–Trinajstić information content (AvgIpc) is 3.23. The largest absolute Gasteiger partial charge is 0.480 e. The van der Waals surface area contributed by atoms with Crippen molar-refractivity contribution in [1.82, 2.24) is 10.2 Å². The summed E-state index contributed by atoms with van der Waals surface area (Å²) in [5.74, 6) is 1.99. The molecule has 9 nitrogen and oxygen atoms in total. The molecule has 4 rings (SSSR count). The van der Waals surface area contributed by atoms with Crippen LogP contribution in [-0.4, -0.2) is 97.3 Å². The first kappa shape index (κ1) is 31.2. The normalized spacial score (nSPS) is 37.7. The number of likely N-dealkylation sites (N-methyl/N-ethyl adjacent to an activating group) is 1. The standard InChI is InChI=1S/C31H54N4O5/c1-21(33-40-29(39)34(20-28(37)38)17-15-32-16-18-35(4,5)6)25-9-10-26-24-8-7-22-19-23(36)11-13-30(22,2)27(24)12-14-31(25,26)3/h22-27,32,36H,7-20H2,1-6H3/p+1/b33-21+/t22-,23-,24-,25+,26-,27-,30-,31+/m0/s1. The summed E-state index contributed by atoms with van der Waals surface area (Å²) in [5.41, 5.74) is 1.36. The number of amides is 1. The second kappa shape index (κ2) is 12.3. The zero-order chi connectivity index (χ0) is 29.3. The fraction of sp³-hybridized carbons (Fsp3) is 0.903. The number of aliphatic carboxylic acids is 1. The number of nitrogens with zero attached hydrogens (tertiary/aromatic N) is 3. The topological polar surface area (TPSA) is 111 Å². The molecule has 4 aliphatic rings. The number of hydrogen-bond donors (Lipinski definition) is 3. The van der Waals surface area contributed by atoms with Crippen LogP contribution in [0.4, 0.5) is 4.79 Å². The Hall–Kier alpha value is -1.71. The van der Waals surface area contributed by atoms with Crippen LogP contribution in [0.1, 0.15) is 78.6 Å². The molecule has 1 amide bonds. The highest BCUT2D eigenvalue weighted by Crippen LogP contribution is 2.67. The predicted molar refractivity (Wildman–Crippen MR) is 156 cm³/mol. The smallest absolute Gasteiger partial charge is 0.436 e. The molecule has 4 fully saturated rings. The molecule has 3 N–H and O–H groups in total. The number of aliphatic hydroxyl groups is 1. The van der Waals surface area contributed by atoms with Gasteiger partial charge in [0.25, 0.3) is 0 Å². The van der Waals surface area contributed by atoms with Crippen molar-refractivity contribution in [3.63, 3.8) is 0 Å². The minimum Gasteiger partial charge on any atom is -0.480 e. The van der Waals surface area contributed by atoms with Crippen LogP contribution in [-0.2, 0) is 9.63 Å². The highest BCUT2D eigenvalue weighted by atomic mass is 16.7. The molecule has 0 heterocycles. The molecule has 0 aromatic heterocycles. The van der Waals surface area contributed by atoms with Crippen LogP contribution in [0.25, 0.3) is 0 Å². The number of carbonyl (C=O) groups is 2. The molecule has 4 saturated carbocycles. The van der Waals surface area contributed by atoms with Crippen molar-refractivity contribution in [2.24, 2.45) is 45.6 Å². The molecule has 0 saturated heterocycles. The van der Waals surface area contributed by atoms with Crippen molar-refractivity contribution in [3.05, 3.63) is 0 Å². The summed E-state index contributed by atoms with van der Waals surface area (Å²) in [6, 6.07) is 0. The number of aliphatic hydroxyl groups excluding tert-OH is 1. The van der Waals surface area contributed by atoms with Crippen LogP contribution in [0, 0.1) is 40.4 Å². The molecule has 228 valence electrons. The molecule has 0 aromatic carbocycles. The zero-order valence-corrected chi connectivity index (χ0v) is 25.8. The Balaban J connectivity index is 1.36. The minimum absolute atomic E-state index is 0.114. The zero-order valence-electron chi connectivity index (χ0n) is 25.8. The Labute approximate surface area is 241 Å². The van der Waals surface area contributed by atoms with E-state index >= 15 is 0 Å². The predicted octanol–water partition coefficient (Wildman–Crippen LogP) is 4.20. The van der Waals surface area contributed by atoms with E-state index in [-0.39, 0.29) is 24.0 Å². The number of quaternary nitrogens is 1. The van der Waals surface area contributed by atoms with Crippen LogP contribution < -0.4 is 5.32 Å². The number of nitrogens with one attached hydrogen (secondary N) is 1. The van der Waals surface area contributed by atoms with Crippen molar-refractivity contribution < 1.29 is 29.1 Å². The van der Waals surface area contributed by atoms with Gasteiger partial charge in [0.1, 0.15) is 6.54 Å². The molecule has 0 unspecified atom stereocenters. The Morgan fingerprint density at radius 3 is 2.40 bits per heavy atom. The number of oxime groups is 1. The molecule has 9 heteroatoms. The van der Waals surface area contributed by atoms with E-state index in [1.54, 1.807) is 0 Å². The third kappa shape index (κ3) is 6.67. The van der Waals surface area contributed by atoms with Gasteiger partial charge >= 0.3 is 12.1 Å². The second-order valence-electron chi connectivity index (χ2n) is 14.9. The minimum atomic E-state index is -1.07. The molecular formula is C31H55N4O5+. The van der Waals surface area contributed by atoms with Gasteiger partial charge in [-0.25, -0.2) is 4.79 Å². The van der Waals surface area contributed by atoms with Gasteiger partial charge in [-0.1, -0.05) is 19.0 Å². The number of carboxylic acid groups (broad SMARTS) is 1. The quantitative estimate of drug-likeness (QED) is 0.121. The van der Waals surface area contributed by atoms with Gasteiger partial charge < -0.3 is 20.0 Å². The first-order valence-electron chi connectivity index (χ1n) is 15.7. The number of carbonyl (C=O) groups excluding carboxylic acids is 1. The molecule has 40 heavy (non-hydrogen) atoms. The summed E-state index contributed by atoms with van der Waals surface area (Å²) in [4.78, 5) is 30.8. The average molecular weight is 564 g/mol. The van der Waals surface area contributed by atoms with Crippen molar-refractivity contribution in [3.8, 4) is 0 Å². The highest BCUT2D eigenvalue weighted by Gasteiger charge is 2.60. The van der Waals surface area contributed by atoms with E-state index < -0.39 is 18.6 Å². The monoisotopic (exact) mass is 563 g/mol. The lowest BCUT2D eigenvalue weighted by Gasteiger charge is -2.61. The van der Waals surface area contributed by atoms with E-state index in [9.17, 15) is 19.8 Å². The van der Waals surface area contributed by atoms with Gasteiger partial charge in [-0.15, -0.1) is 0 Å². The van der Waals surface area contributed by atoms with E-state index in [0.717, 1.165) is 60.8 Å². The fourth-order valence-corrected chi connectivity index (χ4v) is 9.31. The molecule has 0 radical (unpaired) electrons. The van der Waals surface area contributed by atoms with Gasteiger partial charge in [-0.3, -0.25) is 14.5 Å². The van der Waals surface area contributed by atoms with E-state index in [0.29, 0.717) is 23.8 Å². The summed E-state index contributed by atoms with van der Waals surface area (Å²) in [7, 11) is 6.34.